The smallest absolute Gasteiger partial charge is 0.279 e. The second kappa shape index (κ2) is 6.77. The van der Waals surface area contributed by atoms with E-state index in [-0.39, 0.29) is 17.9 Å². The summed E-state index contributed by atoms with van der Waals surface area (Å²) >= 11 is 0. The minimum atomic E-state index is -0.761. The summed E-state index contributed by atoms with van der Waals surface area (Å²) in [5.41, 5.74) is 0.495. The summed E-state index contributed by atoms with van der Waals surface area (Å²) in [5.74, 6) is -0.459. The molecule has 0 unspecified atom stereocenters. The zero-order valence-corrected chi connectivity index (χ0v) is 12.8. The molecule has 0 aliphatic rings. The fourth-order valence-electron chi connectivity index (χ4n) is 2.11. The van der Waals surface area contributed by atoms with Crippen molar-refractivity contribution in [3.63, 3.8) is 0 Å². The summed E-state index contributed by atoms with van der Waals surface area (Å²) in [6, 6.07) is 4.87. The van der Waals surface area contributed by atoms with Crippen LogP contribution in [0.5, 0.6) is 0 Å². The molecule has 0 bridgehead atoms. The Morgan fingerprint density at radius 2 is 1.71 bits per heavy atom. The van der Waals surface area contributed by atoms with E-state index in [1.165, 1.54) is 6.07 Å². The van der Waals surface area contributed by atoms with E-state index in [1.54, 1.807) is 19.9 Å². The number of nitro benzene ring substituents is 2. The van der Waals surface area contributed by atoms with E-state index in [0.29, 0.717) is 11.4 Å². The Labute approximate surface area is 135 Å². The molecule has 0 fully saturated rings. The molecular weight excluding hydrogens is 318 g/mol. The molecule has 1 amide bonds. The molecule has 2 rings (SSSR count). The molecule has 10 nitrogen and oxygen atoms in total. The van der Waals surface area contributed by atoms with Crippen molar-refractivity contribution in [1.29, 1.82) is 0 Å². The van der Waals surface area contributed by atoms with Crippen LogP contribution in [0, 0.1) is 34.1 Å². The standard InChI is InChI=1S/C14H13N5O5/c1-8-5-9(2)16-14(15-8)17-13(20)6-10-3-4-11(18(21)22)7-12(10)19(23)24/h3-5,7H,6H2,1-2H3,(H,15,16,17,20). The van der Waals surface area contributed by atoms with Gasteiger partial charge in [0, 0.05) is 23.0 Å². The first kappa shape index (κ1) is 16.9. The minimum Gasteiger partial charge on any atom is -0.294 e. The van der Waals surface area contributed by atoms with Crippen molar-refractivity contribution < 1.29 is 14.6 Å². The zero-order valence-electron chi connectivity index (χ0n) is 12.8. The van der Waals surface area contributed by atoms with Crippen LogP contribution >= 0.6 is 0 Å². The Morgan fingerprint density at radius 1 is 1.08 bits per heavy atom. The maximum absolute atomic E-state index is 12.1. The van der Waals surface area contributed by atoms with Crippen LogP contribution in [0.2, 0.25) is 0 Å². The molecule has 1 aromatic carbocycles. The fraction of sp³-hybridized carbons (Fsp3) is 0.214. The molecule has 0 saturated heterocycles. The van der Waals surface area contributed by atoms with Gasteiger partial charge in [0.25, 0.3) is 11.4 Å². The lowest BCUT2D eigenvalue weighted by Crippen LogP contribution is -2.17. The van der Waals surface area contributed by atoms with Crippen molar-refractivity contribution in [3.8, 4) is 0 Å². The van der Waals surface area contributed by atoms with Gasteiger partial charge in [0.2, 0.25) is 11.9 Å². The number of hydrogen-bond acceptors (Lipinski definition) is 7. The highest BCUT2D eigenvalue weighted by molar-refractivity contribution is 5.91. The van der Waals surface area contributed by atoms with Crippen LogP contribution in [0.25, 0.3) is 0 Å². The third kappa shape index (κ3) is 4.06. The summed E-state index contributed by atoms with van der Waals surface area (Å²) in [7, 11) is 0. The van der Waals surface area contributed by atoms with Gasteiger partial charge in [-0.3, -0.25) is 30.3 Å². The highest BCUT2D eigenvalue weighted by Crippen LogP contribution is 2.25. The first-order valence-corrected chi connectivity index (χ1v) is 6.80. The monoisotopic (exact) mass is 331 g/mol. The lowest BCUT2D eigenvalue weighted by molar-refractivity contribution is -0.394. The number of rotatable bonds is 5. The predicted octanol–water partition coefficient (Wildman–Crippen LogP) is 2.09. The Hall–Kier alpha value is -3.43. The number of nitrogens with zero attached hydrogens (tertiary/aromatic N) is 4. The van der Waals surface area contributed by atoms with Gasteiger partial charge < -0.3 is 0 Å². The summed E-state index contributed by atoms with van der Waals surface area (Å²) in [4.78, 5) is 40.4. The number of nitrogens with one attached hydrogen (secondary N) is 1. The molecule has 0 atom stereocenters. The Balaban J connectivity index is 2.22. The summed E-state index contributed by atoms with van der Waals surface area (Å²) < 4.78 is 0. The highest BCUT2D eigenvalue weighted by Gasteiger charge is 2.21. The lowest BCUT2D eigenvalue weighted by atomic mass is 10.1. The maximum atomic E-state index is 12.1. The number of aromatic nitrogens is 2. The van der Waals surface area contributed by atoms with Gasteiger partial charge in [0.05, 0.1) is 22.3 Å². The third-order valence-electron chi connectivity index (χ3n) is 3.06. The molecule has 10 heteroatoms. The van der Waals surface area contributed by atoms with Crippen molar-refractivity contribution in [2.75, 3.05) is 5.32 Å². The fourth-order valence-corrected chi connectivity index (χ4v) is 2.11. The lowest BCUT2D eigenvalue weighted by Gasteiger charge is -2.06. The highest BCUT2D eigenvalue weighted by atomic mass is 16.6. The normalized spacial score (nSPS) is 10.2. The summed E-state index contributed by atoms with van der Waals surface area (Å²) in [6.07, 6.45) is -0.329. The SMILES string of the molecule is Cc1cc(C)nc(NC(=O)Cc2ccc([N+](=O)[O-])cc2[N+](=O)[O-])n1. The van der Waals surface area contributed by atoms with Crippen LogP contribution in [0.3, 0.4) is 0 Å². The number of hydrogen-bond donors (Lipinski definition) is 1. The number of non-ortho nitro benzene ring substituents is 1. The van der Waals surface area contributed by atoms with Gasteiger partial charge in [-0.1, -0.05) is 0 Å². The number of nitro groups is 2. The van der Waals surface area contributed by atoms with E-state index in [1.807, 2.05) is 0 Å². The van der Waals surface area contributed by atoms with Crippen LogP contribution in [-0.2, 0) is 11.2 Å². The number of benzene rings is 1. The number of carbonyl (C=O) groups is 1. The molecule has 1 aromatic heterocycles. The number of amides is 1. The average Bonchev–Trinajstić information content (AvgIpc) is 2.45. The summed E-state index contributed by atoms with van der Waals surface area (Å²) in [5, 5.41) is 24.2. The molecule has 0 aliphatic carbocycles. The largest absolute Gasteiger partial charge is 0.294 e. The van der Waals surface area contributed by atoms with Crippen LogP contribution in [0.15, 0.2) is 24.3 Å². The average molecular weight is 331 g/mol. The molecule has 24 heavy (non-hydrogen) atoms. The maximum Gasteiger partial charge on any atom is 0.279 e. The molecule has 2 aromatic rings. The van der Waals surface area contributed by atoms with Crippen molar-refractivity contribution >= 4 is 23.2 Å². The van der Waals surface area contributed by atoms with Crippen LogP contribution in [0.4, 0.5) is 17.3 Å². The van der Waals surface area contributed by atoms with Crippen molar-refractivity contribution in [2.24, 2.45) is 0 Å². The molecule has 0 saturated carbocycles. The Bertz CT molecular complexity index is 816. The van der Waals surface area contributed by atoms with Gasteiger partial charge in [-0.25, -0.2) is 9.97 Å². The third-order valence-corrected chi connectivity index (χ3v) is 3.06. The first-order chi connectivity index (χ1) is 11.3. The van der Waals surface area contributed by atoms with E-state index < -0.39 is 27.1 Å². The molecule has 1 heterocycles. The van der Waals surface area contributed by atoms with Gasteiger partial charge in [-0.05, 0) is 26.0 Å². The van der Waals surface area contributed by atoms with Gasteiger partial charge >= 0.3 is 0 Å². The number of anilines is 1. The van der Waals surface area contributed by atoms with E-state index in [4.69, 9.17) is 0 Å². The second-order valence-electron chi connectivity index (χ2n) is 5.03. The van der Waals surface area contributed by atoms with E-state index >= 15 is 0 Å². The molecule has 0 aliphatic heterocycles. The zero-order chi connectivity index (χ0) is 17.9. The van der Waals surface area contributed by atoms with E-state index in [2.05, 4.69) is 15.3 Å². The molecule has 124 valence electrons. The quantitative estimate of drug-likeness (QED) is 0.653. The number of aryl methyl sites for hydroxylation is 2. The molecule has 0 spiro atoms. The Morgan fingerprint density at radius 3 is 2.25 bits per heavy atom. The molecule has 1 N–H and O–H groups in total. The minimum absolute atomic E-state index is 0.0625. The van der Waals surface area contributed by atoms with Gasteiger partial charge in [-0.15, -0.1) is 0 Å². The van der Waals surface area contributed by atoms with Gasteiger partial charge in [-0.2, -0.15) is 0 Å². The second-order valence-corrected chi connectivity index (χ2v) is 5.03. The van der Waals surface area contributed by atoms with Crippen LogP contribution < -0.4 is 5.32 Å². The van der Waals surface area contributed by atoms with E-state index in [0.717, 1.165) is 12.1 Å². The van der Waals surface area contributed by atoms with Crippen molar-refractivity contribution in [2.45, 2.75) is 20.3 Å². The van der Waals surface area contributed by atoms with Crippen molar-refractivity contribution in [1.82, 2.24) is 9.97 Å². The van der Waals surface area contributed by atoms with Crippen LogP contribution in [-0.4, -0.2) is 25.7 Å². The number of carbonyl (C=O) groups excluding carboxylic acids is 1. The topological polar surface area (TPSA) is 141 Å². The van der Waals surface area contributed by atoms with Crippen LogP contribution in [0.1, 0.15) is 17.0 Å². The molecular formula is C14H13N5O5. The van der Waals surface area contributed by atoms with Crippen molar-refractivity contribution in [3.05, 3.63) is 61.4 Å². The molecule has 0 radical (unpaired) electrons. The first-order valence-electron chi connectivity index (χ1n) is 6.80. The summed E-state index contributed by atoms with van der Waals surface area (Å²) in [6.45, 7) is 3.48. The van der Waals surface area contributed by atoms with Gasteiger partial charge in [0.1, 0.15) is 0 Å². The van der Waals surface area contributed by atoms with E-state index in [9.17, 15) is 25.0 Å². The van der Waals surface area contributed by atoms with Gasteiger partial charge in [0.15, 0.2) is 0 Å². The Kier molecular flexibility index (Phi) is 4.78. The predicted molar refractivity (Wildman–Crippen MR) is 83.6 cm³/mol.